The third-order valence-corrected chi connectivity index (χ3v) is 0. The zero-order chi connectivity index (χ0) is 0. The van der Waals surface area contributed by atoms with Gasteiger partial charge in [0.2, 0.25) is 0 Å². The van der Waals surface area contributed by atoms with E-state index in [0.717, 1.165) is 0 Å². The maximum atomic E-state index is 0. The summed E-state index contributed by atoms with van der Waals surface area (Å²) in [7, 11) is 0. The van der Waals surface area contributed by atoms with Crippen molar-refractivity contribution in [2.24, 2.45) is 0 Å². The van der Waals surface area contributed by atoms with Crippen LogP contribution in [0.1, 0.15) is 0 Å². The first kappa shape index (κ1) is 32.4. The Kier molecular flexibility index (Phi) is 147. The Morgan fingerprint density at radius 3 is 1.00 bits per heavy atom. The smallest absolute Gasteiger partial charge is 0 e. The van der Waals surface area contributed by atoms with Gasteiger partial charge in [-0.05, 0) is 0 Å². The summed E-state index contributed by atoms with van der Waals surface area (Å²) in [5.74, 6) is 0. The molecule has 0 aromatic heterocycles. The monoisotopic (exact) mass is 280 g/mol. The van der Waals surface area contributed by atoms with Gasteiger partial charge in [-0.25, -0.2) is 0 Å². The SMILES string of the molecule is [B].[Co].[Ni].[Sm]. The molecule has 0 nitrogen and oxygen atoms in total. The predicted octanol–water partition coefficient (Wildman–Crippen LogP) is -0.386. The van der Waals surface area contributed by atoms with E-state index in [0.29, 0.717) is 0 Å². The van der Waals surface area contributed by atoms with E-state index in [1.807, 2.05) is 0 Å². The van der Waals surface area contributed by atoms with Crippen LogP contribution in [-0.2, 0) is 33.3 Å². The molecule has 4 heavy (non-hydrogen) atoms. The average molecular weight is 279 g/mol. The van der Waals surface area contributed by atoms with Gasteiger partial charge in [-0.1, -0.05) is 0 Å². The Labute approximate surface area is 80.7 Å². The molecule has 0 aliphatic carbocycles. The van der Waals surface area contributed by atoms with E-state index >= 15 is 0 Å². The fourth-order valence-corrected chi connectivity index (χ4v) is 0. The summed E-state index contributed by atoms with van der Waals surface area (Å²) in [4.78, 5) is 0. The maximum absolute atomic E-state index is 0. The minimum absolute atomic E-state index is 0. The quantitative estimate of drug-likeness (QED) is 0.530. The molecular weight excluding hydrogens is 279 g/mol. The first-order valence-corrected chi connectivity index (χ1v) is 0. The van der Waals surface area contributed by atoms with Crippen LogP contribution in [0.25, 0.3) is 0 Å². The first-order chi connectivity index (χ1) is 0. The molecule has 0 bridgehead atoms. The first-order valence-electron chi connectivity index (χ1n) is 0. The number of hydrogen-bond donors (Lipinski definition) is 0. The van der Waals surface area contributed by atoms with Gasteiger partial charge in [-0.2, -0.15) is 0 Å². The van der Waals surface area contributed by atoms with Crippen LogP contribution in [0.3, 0.4) is 0 Å². The van der Waals surface area contributed by atoms with Gasteiger partial charge in [-0.15, -0.1) is 0 Å². The van der Waals surface area contributed by atoms with Gasteiger partial charge in [0.1, 0.15) is 0 Å². The van der Waals surface area contributed by atoms with Crippen molar-refractivity contribution in [1.29, 1.82) is 0 Å². The summed E-state index contributed by atoms with van der Waals surface area (Å²) in [6.45, 7) is 0. The molecular formula is BCoNiSm. The van der Waals surface area contributed by atoms with E-state index in [4.69, 9.17) is 0 Å². The van der Waals surface area contributed by atoms with Gasteiger partial charge in [0.05, 0.1) is 0 Å². The Morgan fingerprint density at radius 2 is 1.00 bits per heavy atom. The summed E-state index contributed by atoms with van der Waals surface area (Å²) >= 11 is 0. The Morgan fingerprint density at radius 1 is 1.00 bits per heavy atom. The second-order valence-corrected chi connectivity index (χ2v) is 0. The zero-order valence-electron chi connectivity index (χ0n) is 1.64. The minimum atomic E-state index is 0. The summed E-state index contributed by atoms with van der Waals surface area (Å²) in [5, 5.41) is 0. The Hall–Kier alpha value is 2.40. The summed E-state index contributed by atoms with van der Waals surface area (Å²) in [5.41, 5.74) is 0. The average Bonchev–Trinajstić information content (AvgIpc) is 0. The molecule has 0 aromatic carbocycles. The second kappa shape index (κ2) is 18.1. The molecule has 0 rings (SSSR count). The molecule has 0 spiro atoms. The molecule has 4 radical (unpaired) electrons. The standard InChI is InChI=1S/B.Co.Ni.Sm. The van der Waals surface area contributed by atoms with E-state index in [-0.39, 0.29) is 82.1 Å². The van der Waals surface area contributed by atoms with Gasteiger partial charge in [0, 0.05) is 82.1 Å². The molecule has 4 heteroatoms. The predicted molar refractivity (Wildman–Crippen MR) is 5.75 cm³/mol. The van der Waals surface area contributed by atoms with Gasteiger partial charge < -0.3 is 0 Å². The van der Waals surface area contributed by atoms with Crippen LogP contribution in [0.2, 0.25) is 0 Å². The molecule has 0 aromatic rings. The van der Waals surface area contributed by atoms with Gasteiger partial charge in [0.25, 0.3) is 0 Å². The van der Waals surface area contributed by atoms with Crippen LogP contribution < -0.4 is 0 Å². The summed E-state index contributed by atoms with van der Waals surface area (Å²) < 4.78 is 0. The molecule has 0 atom stereocenters. The van der Waals surface area contributed by atoms with Gasteiger partial charge >= 0.3 is 0 Å². The van der Waals surface area contributed by atoms with Crippen molar-refractivity contribution in [3.8, 4) is 0 Å². The molecule has 0 saturated heterocycles. The third-order valence-electron chi connectivity index (χ3n) is 0. The van der Waals surface area contributed by atoms with Crippen molar-refractivity contribution in [1.82, 2.24) is 0 Å². The van der Waals surface area contributed by atoms with Crippen molar-refractivity contribution in [3.63, 3.8) is 0 Å². The van der Waals surface area contributed by atoms with E-state index in [1.54, 1.807) is 0 Å². The van der Waals surface area contributed by atoms with Gasteiger partial charge in [0.15, 0.2) is 0 Å². The van der Waals surface area contributed by atoms with Crippen LogP contribution in [0, 0.1) is 40.4 Å². The zero-order valence-corrected chi connectivity index (χ0v) is 6.28. The van der Waals surface area contributed by atoms with Crippen molar-refractivity contribution in [2.75, 3.05) is 0 Å². The molecule has 0 N–H and O–H groups in total. The Bertz CT molecular complexity index is 8.00. The minimum Gasteiger partial charge on any atom is 0 e. The molecule has 0 aliphatic heterocycles. The van der Waals surface area contributed by atoms with Crippen LogP contribution in [0.5, 0.6) is 0 Å². The molecule has 0 amide bonds. The van der Waals surface area contributed by atoms with Crippen LogP contribution >= 0.6 is 0 Å². The van der Waals surface area contributed by atoms with Crippen molar-refractivity contribution < 1.29 is 73.7 Å². The topological polar surface area (TPSA) is 0 Å². The molecule has 0 unspecified atom stereocenters. The normalized spacial score (nSPS) is 0. The fraction of sp³-hybridized carbons (Fsp3) is 0. The molecule has 0 heterocycles. The molecule has 0 fully saturated rings. The fourth-order valence-electron chi connectivity index (χ4n) is 0. The summed E-state index contributed by atoms with van der Waals surface area (Å²) in [6, 6.07) is 0. The molecule has 0 aliphatic rings. The largest absolute Gasteiger partial charge is 0 e. The van der Waals surface area contributed by atoms with Crippen LogP contribution in [0.15, 0.2) is 0 Å². The van der Waals surface area contributed by atoms with Gasteiger partial charge in [-0.3, -0.25) is 0 Å². The summed E-state index contributed by atoms with van der Waals surface area (Å²) in [6.07, 6.45) is 0. The maximum Gasteiger partial charge on any atom is 0 e. The molecule has 0 saturated carbocycles. The van der Waals surface area contributed by atoms with Crippen molar-refractivity contribution >= 4 is 8.41 Å². The van der Waals surface area contributed by atoms with E-state index in [9.17, 15) is 0 Å². The molecule has 28 valence electrons. The van der Waals surface area contributed by atoms with Crippen LogP contribution in [0.4, 0.5) is 0 Å². The van der Waals surface area contributed by atoms with E-state index in [2.05, 4.69) is 0 Å². The Balaban J connectivity index is 0. The van der Waals surface area contributed by atoms with Crippen molar-refractivity contribution in [2.45, 2.75) is 0 Å². The third kappa shape index (κ3) is 8.83. The number of rotatable bonds is 0. The van der Waals surface area contributed by atoms with E-state index < -0.39 is 0 Å². The van der Waals surface area contributed by atoms with Crippen molar-refractivity contribution in [3.05, 3.63) is 0 Å². The second-order valence-electron chi connectivity index (χ2n) is 0. The number of hydrogen-bond acceptors (Lipinski definition) is 0. The van der Waals surface area contributed by atoms with E-state index in [1.165, 1.54) is 0 Å². The van der Waals surface area contributed by atoms with Crippen LogP contribution in [-0.4, -0.2) is 8.41 Å².